The summed E-state index contributed by atoms with van der Waals surface area (Å²) in [5.41, 5.74) is 2.10. The number of hydrogen-bond donors (Lipinski definition) is 2. The van der Waals surface area contributed by atoms with E-state index in [-0.39, 0.29) is 23.8 Å². The van der Waals surface area contributed by atoms with Crippen LogP contribution in [0.5, 0.6) is 0 Å². The van der Waals surface area contributed by atoms with Gasteiger partial charge in [0.05, 0.1) is 5.41 Å². The number of piperidine rings is 1. The minimum Gasteiger partial charge on any atom is -0.351 e. The normalized spacial score (nSPS) is 19.3. The molecule has 1 aliphatic rings. The number of nitrogens with zero attached hydrogens (tertiary/aromatic N) is 2. The molecule has 2 unspecified atom stereocenters. The molecule has 3 rings (SSSR count). The summed E-state index contributed by atoms with van der Waals surface area (Å²) in [6, 6.07) is 11.1. The smallest absolute Gasteiger partial charge is 0.270 e. The predicted molar refractivity (Wildman–Crippen MR) is 119 cm³/mol. The number of aromatic amines is 1. The third-order valence-electron chi connectivity index (χ3n) is 6.05. The molecule has 2 amide bonds. The lowest BCUT2D eigenvalue weighted by Crippen LogP contribution is -2.56. The van der Waals surface area contributed by atoms with Gasteiger partial charge in [0.15, 0.2) is 0 Å². The first-order valence-corrected chi connectivity index (χ1v) is 10.9. The number of rotatable bonds is 4. The Morgan fingerprint density at radius 1 is 1.30 bits per heavy atom. The van der Waals surface area contributed by atoms with Gasteiger partial charge in [0.1, 0.15) is 17.5 Å². The van der Waals surface area contributed by atoms with Gasteiger partial charge in [-0.2, -0.15) is 5.26 Å². The molecule has 0 spiro atoms. The highest BCUT2D eigenvalue weighted by molar-refractivity contribution is 9.10. The molecule has 1 aromatic heterocycles. The van der Waals surface area contributed by atoms with Crippen LogP contribution < -0.4 is 5.32 Å². The lowest BCUT2D eigenvalue weighted by atomic mass is 9.82. The number of H-pyrrole nitrogens is 1. The van der Waals surface area contributed by atoms with Crippen LogP contribution in [0.3, 0.4) is 0 Å². The zero-order chi connectivity index (χ0) is 22.1. The van der Waals surface area contributed by atoms with E-state index in [9.17, 15) is 9.59 Å². The number of likely N-dealkylation sites (tertiary alicyclic amines) is 1. The Bertz CT molecular complexity index is 1000. The van der Waals surface area contributed by atoms with Gasteiger partial charge < -0.3 is 15.2 Å². The highest BCUT2D eigenvalue weighted by Gasteiger charge is 2.36. The molecule has 2 aromatic rings. The summed E-state index contributed by atoms with van der Waals surface area (Å²) in [6.07, 6.45) is 0.806. The van der Waals surface area contributed by atoms with E-state index in [0.717, 1.165) is 22.0 Å². The quantitative estimate of drug-likeness (QED) is 0.709. The molecule has 30 heavy (non-hydrogen) atoms. The second-order valence-corrected chi connectivity index (χ2v) is 9.44. The topological polar surface area (TPSA) is 89.0 Å². The summed E-state index contributed by atoms with van der Waals surface area (Å²) in [7, 11) is 0. The summed E-state index contributed by atoms with van der Waals surface area (Å²) in [5, 5.41) is 12.2. The maximum atomic E-state index is 13.2. The van der Waals surface area contributed by atoms with Crippen molar-refractivity contribution in [1.29, 1.82) is 5.26 Å². The van der Waals surface area contributed by atoms with Crippen LogP contribution in [0.1, 0.15) is 54.5 Å². The van der Waals surface area contributed by atoms with E-state index < -0.39 is 5.41 Å². The fraction of sp³-hybridized carbons (Fsp3) is 0.435. The minimum absolute atomic E-state index is 0.0537. The fourth-order valence-corrected chi connectivity index (χ4v) is 3.96. The van der Waals surface area contributed by atoms with Crippen LogP contribution in [-0.4, -0.2) is 40.8 Å². The zero-order valence-corrected chi connectivity index (χ0v) is 19.3. The molecular formula is C23H27BrN4O2. The van der Waals surface area contributed by atoms with E-state index >= 15 is 0 Å². The van der Waals surface area contributed by atoms with Gasteiger partial charge in [0.2, 0.25) is 5.91 Å². The maximum absolute atomic E-state index is 13.2. The Balaban J connectivity index is 1.72. The second-order valence-electron chi connectivity index (χ2n) is 8.58. The van der Waals surface area contributed by atoms with E-state index in [1.807, 2.05) is 45.0 Å². The molecule has 6 nitrogen and oxygen atoms in total. The number of nitriles is 1. The summed E-state index contributed by atoms with van der Waals surface area (Å²) in [6.45, 7) is 9.02. The molecular weight excluding hydrogens is 444 g/mol. The summed E-state index contributed by atoms with van der Waals surface area (Å²) in [4.78, 5) is 30.6. The number of carbonyl (C=O) groups excluding carboxylic acids is 2. The molecule has 1 fully saturated rings. The number of benzene rings is 1. The number of aryl methyl sites for hydroxylation is 1. The number of amides is 2. The molecule has 0 aliphatic carbocycles. The van der Waals surface area contributed by atoms with Crippen molar-refractivity contribution < 1.29 is 9.59 Å². The van der Waals surface area contributed by atoms with Crippen LogP contribution in [-0.2, 0) is 10.2 Å². The standard InChI is InChI=1S/C23H27BrN4O2/c1-14-9-10-28(21(29)19-8-6-17(12-25)26-19)13-20(14)27-22(30)23(3,4)16-5-7-18(24)15(2)11-16/h5-8,11,14,20,26H,9-10,13H2,1-4H3,(H,27,30). The first-order valence-electron chi connectivity index (χ1n) is 10.1. The number of aromatic nitrogens is 1. The molecule has 0 bridgehead atoms. The SMILES string of the molecule is Cc1cc(C(C)(C)C(=O)NC2CN(C(=O)c3ccc(C#N)[nH]3)CCC2C)ccc1Br. The van der Waals surface area contributed by atoms with Crippen LogP contribution in [0.4, 0.5) is 0 Å². The minimum atomic E-state index is -0.696. The first-order chi connectivity index (χ1) is 14.1. The third-order valence-corrected chi connectivity index (χ3v) is 6.94. The number of hydrogen-bond acceptors (Lipinski definition) is 3. The molecule has 1 aliphatic heterocycles. The van der Waals surface area contributed by atoms with Gasteiger partial charge in [-0.25, -0.2) is 0 Å². The molecule has 1 saturated heterocycles. The lowest BCUT2D eigenvalue weighted by molar-refractivity contribution is -0.127. The van der Waals surface area contributed by atoms with E-state index in [0.29, 0.717) is 24.5 Å². The Kier molecular flexibility index (Phi) is 6.37. The van der Waals surface area contributed by atoms with Crippen molar-refractivity contribution in [1.82, 2.24) is 15.2 Å². The number of nitrogens with one attached hydrogen (secondary N) is 2. The van der Waals surface area contributed by atoms with Crippen molar-refractivity contribution >= 4 is 27.7 Å². The van der Waals surface area contributed by atoms with Gasteiger partial charge in [0, 0.05) is 23.6 Å². The molecule has 2 heterocycles. The monoisotopic (exact) mass is 470 g/mol. The third kappa shape index (κ3) is 4.44. The molecule has 1 aromatic carbocycles. The zero-order valence-electron chi connectivity index (χ0n) is 17.8. The molecule has 7 heteroatoms. The van der Waals surface area contributed by atoms with E-state index in [1.165, 1.54) is 0 Å². The summed E-state index contributed by atoms with van der Waals surface area (Å²) < 4.78 is 1.02. The van der Waals surface area contributed by atoms with Crippen molar-refractivity contribution in [2.24, 2.45) is 5.92 Å². The molecule has 2 atom stereocenters. The van der Waals surface area contributed by atoms with Crippen LogP contribution in [0, 0.1) is 24.2 Å². The van der Waals surface area contributed by atoms with Gasteiger partial charge >= 0.3 is 0 Å². The van der Waals surface area contributed by atoms with Crippen LogP contribution >= 0.6 is 15.9 Å². The van der Waals surface area contributed by atoms with Crippen molar-refractivity contribution in [3.8, 4) is 6.07 Å². The maximum Gasteiger partial charge on any atom is 0.270 e. The number of halogens is 1. The van der Waals surface area contributed by atoms with Crippen molar-refractivity contribution in [2.75, 3.05) is 13.1 Å². The Morgan fingerprint density at radius 3 is 2.67 bits per heavy atom. The van der Waals surface area contributed by atoms with Gasteiger partial charge in [-0.3, -0.25) is 9.59 Å². The van der Waals surface area contributed by atoms with Crippen LogP contribution in [0.15, 0.2) is 34.8 Å². The second kappa shape index (κ2) is 8.65. The molecule has 158 valence electrons. The molecule has 0 saturated carbocycles. The largest absolute Gasteiger partial charge is 0.351 e. The predicted octanol–water partition coefficient (Wildman–Crippen LogP) is 3.90. The van der Waals surface area contributed by atoms with Crippen LogP contribution in [0.2, 0.25) is 0 Å². The fourth-order valence-electron chi connectivity index (χ4n) is 3.71. The average Bonchev–Trinajstić information content (AvgIpc) is 3.20. The summed E-state index contributed by atoms with van der Waals surface area (Å²) in [5.74, 6) is 0.0613. The van der Waals surface area contributed by atoms with Crippen molar-refractivity contribution in [3.63, 3.8) is 0 Å². The van der Waals surface area contributed by atoms with E-state index in [1.54, 1.807) is 17.0 Å². The van der Waals surface area contributed by atoms with Gasteiger partial charge in [-0.05, 0) is 62.4 Å². The van der Waals surface area contributed by atoms with Crippen molar-refractivity contribution in [2.45, 2.75) is 45.6 Å². The molecule has 0 radical (unpaired) electrons. The van der Waals surface area contributed by atoms with Crippen molar-refractivity contribution in [3.05, 3.63) is 57.3 Å². The van der Waals surface area contributed by atoms with Gasteiger partial charge in [-0.1, -0.05) is 35.0 Å². The Labute approximate surface area is 185 Å². The van der Waals surface area contributed by atoms with E-state index in [2.05, 4.69) is 33.2 Å². The highest BCUT2D eigenvalue weighted by Crippen LogP contribution is 2.28. The summed E-state index contributed by atoms with van der Waals surface area (Å²) >= 11 is 3.51. The van der Waals surface area contributed by atoms with Crippen LogP contribution in [0.25, 0.3) is 0 Å². The average molecular weight is 471 g/mol. The highest BCUT2D eigenvalue weighted by atomic mass is 79.9. The number of carbonyl (C=O) groups is 2. The molecule has 2 N–H and O–H groups in total. The first kappa shape index (κ1) is 22.1. The van der Waals surface area contributed by atoms with Gasteiger partial charge in [-0.15, -0.1) is 0 Å². The lowest BCUT2D eigenvalue weighted by Gasteiger charge is -2.39. The van der Waals surface area contributed by atoms with Gasteiger partial charge in [0.25, 0.3) is 5.91 Å². The Morgan fingerprint density at radius 2 is 2.03 bits per heavy atom. The Hall–Kier alpha value is -2.59. The van der Waals surface area contributed by atoms with E-state index in [4.69, 9.17) is 5.26 Å².